The Kier molecular flexibility index (Phi) is 2.37. The second-order valence-corrected chi connectivity index (χ2v) is 4.50. The van der Waals surface area contributed by atoms with Crippen molar-refractivity contribution in [1.29, 1.82) is 0 Å². The number of aryl methyl sites for hydroxylation is 1. The molecular formula is C10H11IO. The van der Waals surface area contributed by atoms with Gasteiger partial charge in [0.2, 0.25) is 0 Å². The van der Waals surface area contributed by atoms with Gasteiger partial charge in [-0.2, -0.15) is 0 Å². The molecule has 2 heteroatoms. The van der Waals surface area contributed by atoms with Crippen molar-refractivity contribution < 1.29 is 5.11 Å². The average Bonchev–Trinajstić information content (AvgIpc) is 2.07. The number of aliphatic hydroxyl groups is 1. The normalized spacial score (nSPS) is 22.0. The Morgan fingerprint density at radius 3 is 3.08 bits per heavy atom. The lowest BCUT2D eigenvalue weighted by atomic mass is 9.90. The highest BCUT2D eigenvalue weighted by Crippen LogP contribution is 2.30. The monoisotopic (exact) mass is 274 g/mol. The Morgan fingerprint density at radius 1 is 1.42 bits per heavy atom. The van der Waals surface area contributed by atoms with E-state index in [0.717, 1.165) is 24.8 Å². The van der Waals surface area contributed by atoms with Crippen LogP contribution in [0.2, 0.25) is 0 Å². The third-order valence-corrected chi connectivity index (χ3v) is 3.06. The van der Waals surface area contributed by atoms with Crippen molar-refractivity contribution in [3.63, 3.8) is 0 Å². The van der Waals surface area contributed by atoms with Gasteiger partial charge in [0.05, 0.1) is 6.10 Å². The van der Waals surface area contributed by atoms with E-state index in [4.69, 9.17) is 0 Å². The molecule has 64 valence electrons. The third kappa shape index (κ3) is 1.50. The molecule has 0 radical (unpaired) electrons. The Bertz CT molecular complexity index is 296. The van der Waals surface area contributed by atoms with Crippen LogP contribution in [0.3, 0.4) is 0 Å². The van der Waals surface area contributed by atoms with Crippen LogP contribution in [0.15, 0.2) is 18.2 Å². The van der Waals surface area contributed by atoms with E-state index >= 15 is 0 Å². The minimum absolute atomic E-state index is 0.219. The van der Waals surface area contributed by atoms with E-state index in [9.17, 15) is 5.11 Å². The van der Waals surface area contributed by atoms with Crippen molar-refractivity contribution in [2.75, 3.05) is 0 Å². The van der Waals surface area contributed by atoms with Gasteiger partial charge in [-0.25, -0.2) is 0 Å². The van der Waals surface area contributed by atoms with Crippen LogP contribution in [0.25, 0.3) is 0 Å². The Balaban J connectivity index is 2.47. The number of rotatable bonds is 0. The number of aliphatic hydroxyl groups excluding tert-OH is 1. The highest BCUT2D eigenvalue weighted by atomic mass is 127. The van der Waals surface area contributed by atoms with Crippen LogP contribution >= 0.6 is 22.6 Å². The van der Waals surface area contributed by atoms with E-state index in [2.05, 4.69) is 40.8 Å². The first-order chi connectivity index (χ1) is 5.77. The van der Waals surface area contributed by atoms with E-state index in [0.29, 0.717) is 0 Å². The van der Waals surface area contributed by atoms with Gasteiger partial charge >= 0.3 is 0 Å². The minimum atomic E-state index is -0.219. The fourth-order valence-electron chi connectivity index (χ4n) is 1.75. The Labute approximate surface area is 85.9 Å². The maximum atomic E-state index is 9.68. The van der Waals surface area contributed by atoms with Gasteiger partial charge in [0.15, 0.2) is 0 Å². The van der Waals surface area contributed by atoms with Gasteiger partial charge in [-0.05, 0) is 65.1 Å². The molecule has 0 aliphatic heterocycles. The van der Waals surface area contributed by atoms with Crippen LogP contribution in [0.5, 0.6) is 0 Å². The summed E-state index contributed by atoms with van der Waals surface area (Å²) in [5.41, 5.74) is 2.47. The third-order valence-electron chi connectivity index (χ3n) is 2.39. The summed E-state index contributed by atoms with van der Waals surface area (Å²) < 4.78 is 1.22. The maximum Gasteiger partial charge on any atom is 0.0793 e. The van der Waals surface area contributed by atoms with E-state index in [-0.39, 0.29) is 6.10 Å². The quantitative estimate of drug-likeness (QED) is 0.721. The fraction of sp³-hybridized carbons (Fsp3) is 0.400. The summed E-state index contributed by atoms with van der Waals surface area (Å²) in [6.07, 6.45) is 2.95. The van der Waals surface area contributed by atoms with Crippen LogP contribution in [-0.4, -0.2) is 5.11 Å². The standard InChI is InChI=1S/C10H11IO/c11-8-5-4-7-2-1-3-10(12)9(7)6-8/h4-6,10,12H,1-3H2/t10-/m1/s1. The van der Waals surface area contributed by atoms with Crippen LogP contribution in [0.1, 0.15) is 30.1 Å². The second-order valence-electron chi connectivity index (χ2n) is 3.25. The van der Waals surface area contributed by atoms with Crippen LogP contribution in [-0.2, 0) is 6.42 Å². The molecule has 1 N–H and O–H groups in total. The summed E-state index contributed by atoms with van der Waals surface area (Å²) >= 11 is 2.28. The molecule has 1 aromatic rings. The Morgan fingerprint density at radius 2 is 2.25 bits per heavy atom. The summed E-state index contributed by atoms with van der Waals surface area (Å²) in [6.45, 7) is 0. The molecule has 2 rings (SSSR count). The van der Waals surface area contributed by atoms with Gasteiger partial charge in [0.1, 0.15) is 0 Å². The lowest BCUT2D eigenvalue weighted by Gasteiger charge is -2.21. The summed E-state index contributed by atoms with van der Waals surface area (Å²) in [5, 5.41) is 9.68. The van der Waals surface area contributed by atoms with Gasteiger partial charge in [-0.15, -0.1) is 0 Å². The van der Waals surface area contributed by atoms with Crippen molar-refractivity contribution in [1.82, 2.24) is 0 Å². The molecule has 0 saturated heterocycles. The topological polar surface area (TPSA) is 20.2 Å². The smallest absolute Gasteiger partial charge is 0.0793 e. The Hall–Kier alpha value is -0.0900. The number of hydrogen-bond donors (Lipinski definition) is 1. The molecule has 0 heterocycles. The summed E-state index contributed by atoms with van der Waals surface area (Å²) in [4.78, 5) is 0. The molecule has 1 aromatic carbocycles. The van der Waals surface area contributed by atoms with Crippen molar-refractivity contribution in [2.45, 2.75) is 25.4 Å². The number of benzene rings is 1. The zero-order valence-corrected chi connectivity index (χ0v) is 8.91. The minimum Gasteiger partial charge on any atom is -0.388 e. The molecule has 0 amide bonds. The highest BCUT2D eigenvalue weighted by Gasteiger charge is 2.17. The molecule has 1 aliphatic rings. The molecule has 0 saturated carbocycles. The van der Waals surface area contributed by atoms with Crippen LogP contribution in [0.4, 0.5) is 0 Å². The molecule has 0 unspecified atom stereocenters. The number of fused-ring (bicyclic) bond motifs is 1. The molecule has 12 heavy (non-hydrogen) atoms. The lowest BCUT2D eigenvalue weighted by Crippen LogP contribution is -2.08. The molecule has 0 fully saturated rings. The predicted octanol–water partition coefficient (Wildman–Crippen LogP) is 2.66. The summed E-state index contributed by atoms with van der Waals surface area (Å²) in [5.74, 6) is 0. The van der Waals surface area contributed by atoms with Crippen LogP contribution in [0, 0.1) is 3.57 Å². The SMILES string of the molecule is O[C@@H]1CCCc2ccc(I)cc21. The van der Waals surface area contributed by atoms with Gasteiger partial charge in [0.25, 0.3) is 0 Å². The maximum absolute atomic E-state index is 9.68. The van der Waals surface area contributed by atoms with Crippen molar-refractivity contribution in [3.05, 3.63) is 32.9 Å². The van der Waals surface area contributed by atoms with Crippen molar-refractivity contribution in [3.8, 4) is 0 Å². The summed E-state index contributed by atoms with van der Waals surface area (Å²) in [6, 6.07) is 6.34. The largest absolute Gasteiger partial charge is 0.388 e. The zero-order valence-electron chi connectivity index (χ0n) is 6.76. The van der Waals surface area contributed by atoms with Gasteiger partial charge in [-0.1, -0.05) is 6.07 Å². The molecule has 0 aromatic heterocycles. The molecule has 1 nitrogen and oxygen atoms in total. The average molecular weight is 274 g/mol. The zero-order chi connectivity index (χ0) is 8.55. The van der Waals surface area contributed by atoms with Gasteiger partial charge < -0.3 is 5.11 Å². The molecular weight excluding hydrogens is 263 g/mol. The van der Waals surface area contributed by atoms with Gasteiger partial charge in [0, 0.05) is 3.57 Å². The van der Waals surface area contributed by atoms with E-state index in [1.54, 1.807) is 0 Å². The predicted molar refractivity (Wildman–Crippen MR) is 57.1 cm³/mol. The van der Waals surface area contributed by atoms with Gasteiger partial charge in [-0.3, -0.25) is 0 Å². The number of halogens is 1. The first-order valence-electron chi connectivity index (χ1n) is 4.24. The first kappa shape index (κ1) is 8.51. The lowest BCUT2D eigenvalue weighted by molar-refractivity contribution is 0.156. The highest BCUT2D eigenvalue weighted by molar-refractivity contribution is 14.1. The molecule has 0 spiro atoms. The van der Waals surface area contributed by atoms with Crippen LogP contribution < -0.4 is 0 Å². The molecule has 0 bridgehead atoms. The fourth-order valence-corrected chi connectivity index (χ4v) is 2.26. The molecule has 1 aliphatic carbocycles. The second kappa shape index (κ2) is 3.34. The molecule has 1 atom stereocenters. The summed E-state index contributed by atoms with van der Waals surface area (Å²) in [7, 11) is 0. The first-order valence-corrected chi connectivity index (χ1v) is 5.31. The van der Waals surface area contributed by atoms with E-state index in [1.807, 2.05) is 0 Å². The van der Waals surface area contributed by atoms with E-state index in [1.165, 1.54) is 9.13 Å². The van der Waals surface area contributed by atoms with E-state index < -0.39 is 0 Å². The number of hydrogen-bond acceptors (Lipinski definition) is 1. The van der Waals surface area contributed by atoms with Crippen molar-refractivity contribution >= 4 is 22.6 Å². The van der Waals surface area contributed by atoms with Crippen molar-refractivity contribution in [2.24, 2.45) is 0 Å².